The normalized spacial score (nSPS) is 23.2. The number of methoxy groups -OCH3 is 1. The Balaban J connectivity index is 1.88. The molecule has 6 heteroatoms. The highest BCUT2D eigenvalue weighted by Crippen LogP contribution is 2.47. The van der Waals surface area contributed by atoms with Gasteiger partial charge in [-0.05, 0) is 45.2 Å². The van der Waals surface area contributed by atoms with Crippen molar-refractivity contribution < 1.29 is 19.1 Å². The van der Waals surface area contributed by atoms with Crippen molar-refractivity contribution in [1.82, 2.24) is 4.90 Å². The van der Waals surface area contributed by atoms with Crippen LogP contribution in [0.15, 0.2) is 6.07 Å². The van der Waals surface area contributed by atoms with Gasteiger partial charge in [-0.25, -0.2) is 9.59 Å². The molecule has 1 saturated heterocycles. The Hall–Kier alpha value is -1.56. The number of thiophene rings is 1. The van der Waals surface area contributed by atoms with E-state index in [9.17, 15) is 9.59 Å². The van der Waals surface area contributed by atoms with Crippen LogP contribution in [0, 0.1) is 0 Å². The summed E-state index contributed by atoms with van der Waals surface area (Å²) in [5.41, 5.74) is 0.591. The Morgan fingerprint density at radius 3 is 2.68 bits per heavy atom. The van der Waals surface area contributed by atoms with Gasteiger partial charge < -0.3 is 9.47 Å². The zero-order valence-electron chi connectivity index (χ0n) is 13.3. The van der Waals surface area contributed by atoms with Crippen LogP contribution in [0.1, 0.15) is 59.8 Å². The Labute approximate surface area is 134 Å². The molecule has 3 heterocycles. The lowest BCUT2D eigenvalue weighted by Gasteiger charge is -2.36. The molecule has 1 fully saturated rings. The van der Waals surface area contributed by atoms with Gasteiger partial charge in [-0.15, -0.1) is 11.3 Å². The molecule has 2 atom stereocenters. The van der Waals surface area contributed by atoms with E-state index >= 15 is 0 Å². The smallest absolute Gasteiger partial charge is 0.411 e. The number of ether oxygens (including phenoxy) is 2. The molecule has 0 aliphatic carbocycles. The molecule has 5 nitrogen and oxygen atoms in total. The van der Waals surface area contributed by atoms with Gasteiger partial charge in [0.1, 0.15) is 10.5 Å². The van der Waals surface area contributed by atoms with Gasteiger partial charge in [-0.3, -0.25) is 4.90 Å². The van der Waals surface area contributed by atoms with E-state index in [4.69, 9.17) is 9.47 Å². The van der Waals surface area contributed by atoms with Crippen molar-refractivity contribution >= 4 is 23.4 Å². The first-order chi connectivity index (χ1) is 10.3. The quantitative estimate of drug-likeness (QED) is 0.742. The summed E-state index contributed by atoms with van der Waals surface area (Å²) in [5, 5.41) is 0. The van der Waals surface area contributed by atoms with Crippen LogP contribution >= 0.6 is 11.3 Å². The van der Waals surface area contributed by atoms with Gasteiger partial charge in [0.15, 0.2) is 0 Å². The monoisotopic (exact) mass is 323 g/mol. The molecule has 0 N–H and O–H groups in total. The third kappa shape index (κ3) is 2.60. The highest BCUT2D eigenvalue weighted by Gasteiger charge is 2.45. The second-order valence-corrected chi connectivity index (χ2v) is 7.96. The van der Waals surface area contributed by atoms with E-state index in [1.165, 1.54) is 23.3 Å². The summed E-state index contributed by atoms with van der Waals surface area (Å²) in [7, 11) is 1.39. The maximum atomic E-state index is 12.5. The summed E-state index contributed by atoms with van der Waals surface area (Å²) in [6.45, 7) is 5.63. The zero-order valence-corrected chi connectivity index (χ0v) is 14.2. The number of fused-ring (bicyclic) bond motifs is 4. The van der Waals surface area contributed by atoms with Crippen molar-refractivity contribution in [2.75, 3.05) is 7.11 Å². The first-order valence-corrected chi connectivity index (χ1v) is 8.34. The lowest BCUT2D eigenvalue weighted by Crippen LogP contribution is -2.44. The Morgan fingerprint density at radius 1 is 1.32 bits per heavy atom. The molecule has 0 unspecified atom stereocenters. The van der Waals surface area contributed by atoms with Crippen molar-refractivity contribution in [3.05, 3.63) is 21.4 Å². The average Bonchev–Trinajstić information content (AvgIpc) is 2.98. The number of carbonyl (C=O) groups is 2. The second kappa shape index (κ2) is 5.26. The van der Waals surface area contributed by atoms with Gasteiger partial charge in [0.2, 0.25) is 0 Å². The van der Waals surface area contributed by atoms with Gasteiger partial charge in [0.05, 0.1) is 13.2 Å². The molecule has 2 bridgehead atoms. The number of rotatable bonds is 1. The molecule has 2 aliphatic heterocycles. The van der Waals surface area contributed by atoms with Crippen LogP contribution in [0.25, 0.3) is 0 Å². The van der Waals surface area contributed by atoms with E-state index < -0.39 is 5.60 Å². The van der Waals surface area contributed by atoms with Gasteiger partial charge in [-0.2, -0.15) is 0 Å². The number of hydrogen-bond donors (Lipinski definition) is 0. The van der Waals surface area contributed by atoms with Gasteiger partial charge >= 0.3 is 12.1 Å². The molecule has 22 heavy (non-hydrogen) atoms. The van der Waals surface area contributed by atoms with Crippen LogP contribution < -0.4 is 0 Å². The highest BCUT2D eigenvalue weighted by molar-refractivity contribution is 7.14. The van der Waals surface area contributed by atoms with Crippen molar-refractivity contribution in [3.8, 4) is 0 Å². The largest absolute Gasteiger partial charge is 0.465 e. The molecule has 1 amide bonds. The highest BCUT2D eigenvalue weighted by atomic mass is 32.1. The number of esters is 1. The van der Waals surface area contributed by atoms with Crippen LogP contribution in [0.3, 0.4) is 0 Å². The van der Waals surface area contributed by atoms with Crippen LogP contribution in [-0.4, -0.2) is 35.7 Å². The number of amides is 1. The SMILES string of the molecule is COC(=O)c1cc2c(s1)C[C@H]1CC[C@@H]2N1C(=O)OC(C)(C)C. The summed E-state index contributed by atoms with van der Waals surface area (Å²) in [4.78, 5) is 27.9. The summed E-state index contributed by atoms with van der Waals surface area (Å²) >= 11 is 1.49. The fourth-order valence-corrected chi connectivity index (χ4v) is 4.49. The number of hydrogen-bond acceptors (Lipinski definition) is 5. The maximum Gasteiger partial charge on any atom is 0.411 e. The van der Waals surface area contributed by atoms with Crippen molar-refractivity contribution in [2.45, 2.75) is 57.7 Å². The Kier molecular flexibility index (Phi) is 3.67. The predicted molar refractivity (Wildman–Crippen MR) is 83.2 cm³/mol. The molecule has 0 radical (unpaired) electrons. The number of nitrogens with zero attached hydrogens (tertiary/aromatic N) is 1. The summed E-state index contributed by atoms with van der Waals surface area (Å²) in [6, 6.07) is 2.09. The minimum absolute atomic E-state index is 0.0262. The molecule has 1 aromatic heterocycles. The van der Waals surface area contributed by atoms with Crippen molar-refractivity contribution in [3.63, 3.8) is 0 Å². The lowest BCUT2D eigenvalue weighted by atomic mass is 10.0. The first-order valence-electron chi connectivity index (χ1n) is 7.52. The predicted octanol–water partition coefficient (Wildman–Crippen LogP) is 3.53. The Bertz CT molecular complexity index is 616. The van der Waals surface area contributed by atoms with E-state index in [0.29, 0.717) is 4.88 Å². The standard InChI is InChI=1S/C16H21NO4S/c1-16(2,3)21-15(19)17-9-5-6-11(17)10-8-13(14(18)20-4)22-12(10)7-9/h8-9,11H,5-7H2,1-4H3/t9-,11+/m1/s1. The molecule has 120 valence electrons. The van der Waals surface area contributed by atoms with E-state index in [-0.39, 0.29) is 24.1 Å². The number of carbonyl (C=O) groups excluding carboxylic acids is 2. The Morgan fingerprint density at radius 2 is 2.05 bits per heavy atom. The van der Waals surface area contributed by atoms with Crippen molar-refractivity contribution in [2.24, 2.45) is 0 Å². The fourth-order valence-electron chi connectivity index (χ4n) is 3.28. The molecule has 0 aromatic carbocycles. The van der Waals surface area contributed by atoms with Gasteiger partial charge in [-0.1, -0.05) is 0 Å². The topological polar surface area (TPSA) is 55.8 Å². The molecule has 2 aliphatic rings. The average molecular weight is 323 g/mol. The minimum Gasteiger partial charge on any atom is -0.465 e. The molecule has 1 aromatic rings. The molecule has 3 rings (SSSR count). The van der Waals surface area contributed by atoms with E-state index in [2.05, 4.69) is 0 Å². The van der Waals surface area contributed by atoms with E-state index in [1.54, 1.807) is 0 Å². The maximum absolute atomic E-state index is 12.5. The summed E-state index contributed by atoms with van der Waals surface area (Å²) in [5.74, 6) is -0.306. The summed E-state index contributed by atoms with van der Waals surface area (Å²) in [6.07, 6.45) is 2.45. The van der Waals surface area contributed by atoms with Gasteiger partial charge in [0, 0.05) is 17.3 Å². The van der Waals surface area contributed by atoms with Gasteiger partial charge in [0.25, 0.3) is 0 Å². The third-order valence-corrected chi connectivity index (χ3v) is 5.27. The van der Waals surface area contributed by atoms with E-state index in [1.807, 2.05) is 31.7 Å². The summed E-state index contributed by atoms with van der Waals surface area (Å²) < 4.78 is 10.3. The molecular weight excluding hydrogens is 302 g/mol. The fraction of sp³-hybridized carbons (Fsp3) is 0.625. The van der Waals surface area contributed by atoms with E-state index in [0.717, 1.165) is 24.8 Å². The van der Waals surface area contributed by atoms with Crippen LogP contribution in [-0.2, 0) is 15.9 Å². The third-order valence-electron chi connectivity index (χ3n) is 4.12. The zero-order chi connectivity index (χ0) is 16.1. The van der Waals surface area contributed by atoms with Crippen LogP contribution in [0.5, 0.6) is 0 Å². The lowest BCUT2D eigenvalue weighted by molar-refractivity contribution is 0.0127. The molecule has 0 saturated carbocycles. The first kappa shape index (κ1) is 15.3. The minimum atomic E-state index is -0.497. The second-order valence-electron chi connectivity index (χ2n) is 6.82. The van der Waals surface area contributed by atoms with Crippen LogP contribution in [0.4, 0.5) is 4.79 Å². The van der Waals surface area contributed by atoms with Crippen LogP contribution in [0.2, 0.25) is 0 Å². The molecular formula is C16H21NO4S. The molecule has 0 spiro atoms. The van der Waals surface area contributed by atoms with Crippen molar-refractivity contribution in [1.29, 1.82) is 0 Å².